The fourth-order valence-corrected chi connectivity index (χ4v) is 2.50. The van der Waals surface area contributed by atoms with Gasteiger partial charge in [-0.3, -0.25) is 9.48 Å². The van der Waals surface area contributed by atoms with E-state index in [1.165, 1.54) is 17.1 Å². The lowest BCUT2D eigenvalue weighted by Gasteiger charge is -2.24. The van der Waals surface area contributed by atoms with Crippen molar-refractivity contribution in [2.45, 2.75) is 39.7 Å². The number of nitrogens with zero attached hydrogens (tertiary/aromatic N) is 2. The number of carbonyl (C=O) groups excluding carboxylic acids is 1. The number of hydrogen-bond acceptors (Lipinski definition) is 4. The molecule has 0 bridgehead atoms. The third kappa shape index (κ3) is 4.04. The molecule has 140 valence electrons. The maximum absolute atomic E-state index is 12.7. The highest BCUT2D eigenvalue weighted by molar-refractivity contribution is 5.94. The van der Waals surface area contributed by atoms with E-state index >= 15 is 0 Å². The third-order valence-corrected chi connectivity index (χ3v) is 4.38. The third-order valence-electron chi connectivity index (χ3n) is 4.38. The van der Waals surface area contributed by atoms with Crippen molar-refractivity contribution in [1.29, 1.82) is 0 Å². The number of nitrogens with one attached hydrogen (secondary N) is 1. The summed E-state index contributed by atoms with van der Waals surface area (Å²) in [6, 6.07) is 7.58. The van der Waals surface area contributed by atoms with Gasteiger partial charge in [-0.15, -0.1) is 0 Å². The summed E-state index contributed by atoms with van der Waals surface area (Å²) >= 11 is 0. The van der Waals surface area contributed by atoms with Crippen molar-refractivity contribution in [3.63, 3.8) is 0 Å². The van der Waals surface area contributed by atoms with Crippen molar-refractivity contribution in [3.8, 4) is 5.75 Å². The zero-order chi connectivity index (χ0) is 19.5. The van der Waals surface area contributed by atoms with E-state index in [4.69, 9.17) is 4.74 Å². The molecule has 0 aliphatic carbocycles. The molecule has 0 saturated carbocycles. The van der Waals surface area contributed by atoms with Crippen LogP contribution in [0.15, 0.2) is 36.7 Å². The quantitative estimate of drug-likeness (QED) is 0.793. The highest BCUT2D eigenvalue weighted by atomic mass is 16.5. The summed E-state index contributed by atoms with van der Waals surface area (Å²) in [6.07, 6.45) is 3.46. The number of rotatable bonds is 7. The maximum atomic E-state index is 12.7. The minimum atomic E-state index is -1.20. The van der Waals surface area contributed by atoms with E-state index in [1.54, 1.807) is 21.0 Å². The molecule has 1 heterocycles. The standard InChI is InChI=1S/C19H25N3O4/c1-18(2,10-13-8-6-7-9-15(13)26-5)16(23)21-14-11-20-22(12-14)19(3,4)17(24)25/h6-9,11-12H,10H2,1-5H3,(H,21,23)(H,24,25). The first-order valence-corrected chi connectivity index (χ1v) is 8.30. The smallest absolute Gasteiger partial charge is 0.331 e. The molecule has 0 unspecified atom stereocenters. The number of benzene rings is 1. The fourth-order valence-electron chi connectivity index (χ4n) is 2.50. The van der Waals surface area contributed by atoms with Gasteiger partial charge < -0.3 is 15.2 Å². The van der Waals surface area contributed by atoms with Crippen LogP contribution in [0.3, 0.4) is 0 Å². The summed E-state index contributed by atoms with van der Waals surface area (Å²) in [5.41, 5.74) is -0.495. The fraction of sp³-hybridized carbons (Fsp3) is 0.421. The topological polar surface area (TPSA) is 93.5 Å². The van der Waals surface area contributed by atoms with E-state index in [1.807, 2.05) is 38.1 Å². The summed E-state index contributed by atoms with van der Waals surface area (Å²) < 4.78 is 6.67. The lowest BCUT2D eigenvalue weighted by molar-refractivity contribution is -0.146. The first kappa shape index (κ1) is 19.5. The van der Waals surface area contributed by atoms with E-state index in [9.17, 15) is 14.7 Å². The van der Waals surface area contributed by atoms with Gasteiger partial charge >= 0.3 is 5.97 Å². The molecule has 0 atom stereocenters. The van der Waals surface area contributed by atoms with Gasteiger partial charge in [-0.1, -0.05) is 32.0 Å². The van der Waals surface area contributed by atoms with Gasteiger partial charge in [-0.25, -0.2) is 4.79 Å². The lowest BCUT2D eigenvalue weighted by atomic mass is 9.84. The minimum absolute atomic E-state index is 0.184. The van der Waals surface area contributed by atoms with Gasteiger partial charge in [0.15, 0.2) is 5.54 Å². The Hall–Kier alpha value is -2.83. The number of anilines is 1. The van der Waals surface area contributed by atoms with Crippen LogP contribution in [0, 0.1) is 5.41 Å². The van der Waals surface area contributed by atoms with Crippen LogP contribution in [0.25, 0.3) is 0 Å². The van der Waals surface area contributed by atoms with Gasteiger partial charge in [0.05, 0.1) is 19.0 Å². The summed E-state index contributed by atoms with van der Waals surface area (Å²) in [6.45, 7) is 6.78. The average molecular weight is 359 g/mol. The van der Waals surface area contributed by atoms with E-state index in [0.717, 1.165) is 11.3 Å². The number of aromatic nitrogens is 2. The molecule has 7 heteroatoms. The predicted molar refractivity (Wildman–Crippen MR) is 98.3 cm³/mol. The van der Waals surface area contributed by atoms with Crippen molar-refractivity contribution < 1.29 is 19.4 Å². The Morgan fingerprint density at radius 1 is 1.23 bits per heavy atom. The Balaban J connectivity index is 2.14. The zero-order valence-electron chi connectivity index (χ0n) is 15.7. The first-order valence-electron chi connectivity index (χ1n) is 8.30. The molecule has 1 aromatic heterocycles. The molecule has 26 heavy (non-hydrogen) atoms. The summed E-state index contributed by atoms with van der Waals surface area (Å²) in [5.74, 6) is -0.449. The van der Waals surface area contributed by atoms with Gasteiger partial charge in [0.25, 0.3) is 0 Å². The Labute approximate surface area is 153 Å². The molecule has 7 nitrogen and oxygen atoms in total. The molecular formula is C19H25N3O4. The second kappa shape index (κ2) is 7.19. The molecule has 0 fully saturated rings. The van der Waals surface area contributed by atoms with Crippen LogP contribution >= 0.6 is 0 Å². The van der Waals surface area contributed by atoms with Gasteiger partial charge in [0.2, 0.25) is 5.91 Å². The van der Waals surface area contributed by atoms with E-state index in [0.29, 0.717) is 12.1 Å². The molecule has 1 amide bonds. The van der Waals surface area contributed by atoms with Crippen LogP contribution in [0.2, 0.25) is 0 Å². The minimum Gasteiger partial charge on any atom is -0.496 e. The summed E-state index contributed by atoms with van der Waals surface area (Å²) in [4.78, 5) is 24.0. The summed E-state index contributed by atoms with van der Waals surface area (Å²) in [5, 5.41) is 16.1. The number of para-hydroxylation sites is 1. The molecule has 0 radical (unpaired) electrons. The van der Waals surface area contributed by atoms with Crippen LogP contribution in [0.5, 0.6) is 5.75 Å². The Morgan fingerprint density at radius 3 is 2.50 bits per heavy atom. The molecule has 2 aromatic rings. The average Bonchev–Trinajstić information content (AvgIpc) is 3.04. The number of aliphatic carboxylic acids is 1. The highest BCUT2D eigenvalue weighted by Crippen LogP contribution is 2.29. The monoisotopic (exact) mass is 359 g/mol. The van der Waals surface area contributed by atoms with Crippen LogP contribution in [-0.4, -0.2) is 33.9 Å². The molecule has 0 aliphatic rings. The Morgan fingerprint density at radius 2 is 1.88 bits per heavy atom. The van der Waals surface area contributed by atoms with Gasteiger partial charge in [-0.2, -0.15) is 5.10 Å². The number of carbonyl (C=O) groups is 2. The van der Waals surface area contributed by atoms with Crippen molar-refractivity contribution in [2.75, 3.05) is 12.4 Å². The van der Waals surface area contributed by atoms with Gasteiger partial charge in [0.1, 0.15) is 5.75 Å². The first-order chi connectivity index (χ1) is 12.1. The van der Waals surface area contributed by atoms with E-state index in [2.05, 4.69) is 10.4 Å². The van der Waals surface area contributed by atoms with Crippen molar-refractivity contribution >= 4 is 17.6 Å². The number of hydrogen-bond donors (Lipinski definition) is 2. The van der Waals surface area contributed by atoms with Crippen LogP contribution in [0.4, 0.5) is 5.69 Å². The molecule has 0 saturated heterocycles. The predicted octanol–water partition coefficient (Wildman–Crippen LogP) is 2.92. The van der Waals surface area contributed by atoms with Gasteiger partial charge in [-0.05, 0) is 31.9 Å². The molecule has 2 rings (SSSR count). The maximum Gasteiger partial charge on any atom is 0.331 e. The number of ether oxygens (including phenoxy) is 1. The SMILES string of the molecule is COc1ccccc1CC(C)(C)C(=O)Nc1cnn(C(C)(C)C(=O)O)c1. The number of carboxylic acids is 1. The Kier molecular flexibility index (Phi) is 5.39. The van der Waals surface area contributed by atoms with E-state index in [-0.39, 0.29) is 5.91 Å². The van der Waals surface area contributed by atoms with Crippen molar-refractivity contribution in [3.05, 3.63) is 42.2 Å². The second-order valence-electron chi connectivity index (χ2n) is 7.36. The Bertz CT molecular complexity index is 809. The highest BCUT2D eigenvalue weighted by Gasteiger charge is 2.32. The zero-order valence-corrected chi connectivity index (χ0v) is 15.7. The van der Waals surface area contributed by atoms with Crippen LogP contribution in [-0.2, 0) is 21.5 Å². The van der Waals surface area contributed by atoms with Crippen LogP contribution in [0.1, 0.15) is 33.3 Å². The molecule has 0 aliphatic heterocycles. The summed E-state index contributed by atoms with van der Waals surface area (Å²) in [7, 11) is 1.60. The molecule has 2 N–H and O–H groups in total. The van der Waals surface area contributed by atoms with Crippen LogP contribution < -0.4 is 10.1 Å². The molecular weight excluding hydrogens is 334 g/mol. The van der Waals surface area contributed by atoms with E-state index < -0.39 is 16.9 Å². The molecule has 0 spiro atoms. The lowest BCUT2D eigenvalue weighted by Crippen LogP contribution is -2.36. The second-order valence-corrected chi connectivity index (χ2v) is 7.36. The number of carboxylic acid groups (broad SMARTS) is 1. The number of methoxy groups -OCH3 is 1. The molecule has 1 aromatic carbocycles. The van der Waals surface area contributed by atoms with Crippen molar-refractivity contribution in [2.24, 2.45) is 5.41 Å². The normalized spacial score (nSPS) is 11.9. The largest absolute Gasteiger partial charge is 0.496 e. The number of amides is 1. The van der Waals surface area contributed by atoms with Crippen molar-refractivity contribution in [1.82, 2.24) is 9.78 Å². The van der Waals surface area contributed by atoms with Gasteiger partial charge in [0, 0.05) is 11.6 Å².